The minimum Gasteiger partial charge on any atom is -0.484 e. The van der Waals surface area contributed by atoms with Gasteiger partial charge < -0.3 is 15.0 Å². The predicted molar refractivity (Wildman–Crippen MR) is 148 cm³/mol. The van der Waals surface area contributed by atoms with Gasteiger partial charge in [0.25, 0.3) is 11.8 Å². The Morgan fingerprint density at radius 1 is 1.06 bits per heavy atom. The number of ether oxygens (including phenoxy) is 1. The molecule has 0 radical (unpaired) electrons. The average Bonchev–Trinajstić information content (AvgIpc) is 3.12. The summed E-state index contributed by atoms with van der Waals surface area (Å²) >= 11 is 6.75. The highest BCUT2D eigenvalue weighted by Gasteiger charge is 2.33. The monoisotopic (exact) mass is 503 g/mol. The molecule has 1 saturated heterocycles. The van der Waals surface area contributed by atoms with E-state index < -0.39 is 0 Å². The second-order valence-corrected chi connectivity index (χ2v) is 9.82. The van der Waals surface area contributed by atoms with Gasteiger partial charge >= 0.3 is 0 Å². The molecule has 3 aromatic rings. The van der Waals surface area contributed by atoms with Crippen molar-refractivity contribution in [2.24, 2.45) is 0 Å². The fraction of sp³-hybridized carbons (Fsp3) is 0.148. The number of anilines is 3. The molecule has 1 aliphatic heterocycles. The van der Waals surface area contributed by atoms with Gasteiger partial charge in [-0.15, -0.1) is 0 Å². The molecule has 0 atom stereocenters. The summed E-state index contributed by atoms with van der Waals surface area (Å²) < 4.78 is 6.11. The summed E-state index contributed by atoms with van der Waals surface area (Å²) in [6.45, 7) is 1.84. The van der Waals surface area contributed by atoms with Gasteiger partial charge in [-0.25, -0.2) is 0 Å². The molecule has 8 heteroatoms. The lowest BCUT2D eigenvalue weighted by atomic mass is 10.2. The van der Waals surface area contributed by atoms with Crippen molar-refractivity contribution in [3.63, 3.8) is 0 Å². The lowest BCUT2D eigenvalue weighted by molar-refractivity contribution is -0.118. The molecule has 0 aliphatic carbocycles. The van der Waals surface area contributed by atoms with Crippen LogP contribution in [0.4, 0.5) is 17.1 Å². The fourth-order valence-corrected chi connectivity index (χ4v) is 4.75. The molecule has 3 aromatic carbocycles. The molecule has 178 valence electrons. The summed E-state index contributed by atoms with van der Waals surface area (Å²) in [6, 6.07) is 22.5. The van der Waals surface area contributed by atoms with E-state index in [2.05, 4.69) is 5.32 Å². The molecule has 1 fully saturated rings. The van der Waals surface area contributed by atoms with Crippen molar-refractivity contribution in [1.29, 1.82) is 0 Å². The summed E-state index contributed by atoms with van der Waals surface area (Å²) in [5.41, 5.74) is 4.38. The molecular formula is C27H25N3O3S2. The quantitative estimate of drug-likeness (QED) is 0.340. The van der Waals surface area contributed by atoms with Crippen LogP contribution in [0.3, 0.4) is 0 Å². The van der Waals surface area contributed by atoms with E-state index in [4.69, 9.17) is 17.0 Å². The highest BCUT2D eigenvalue weighted by molar-refractivity contribution is 8.27. The molecule has 0 spiro atoms. The molecule has 2 amide bonds. The van der Waals surface area contributed by atoms with Crippen molar-refractivity contribution in [2.75, 3.05) is 35.8 Å². The van der Waals surface area contributed by atoms with Crippen LogP contribution >= 0.6 is 24.0 Å². The summed E-state index contributed by atoms with van der Waals surface area (Å²) in [7, 11) is 3.93. The first-order valence-electron chi connectivity index (χ1n) is 11.0. The summed E-state index contributed by atoms with van der Waals surface area (Å²) in [5.74, 6) is 0.187. The number of hydrogen-bond acceptors (Lipinski definition) is 6. The summed E-state index contributed by atoms with van der Waals surface area (Å²) in [4.78, 5) is 29.3. The van der Waals surface area contributed by atoms with Gasteiger partial charge in [-0.1, -0.05) is 54.3 Å². The summed E-state index contributed by atoms with van der Waals surface area (Å²) in [6.07, 6.45) is 1.81. The predicted octanol–water partition coefficient (Wildman–Crippen LogP) is 5.48. The average molecular weight is 504 g/mol. The van der Waals surface area contributed by atoms with Crippen molar-refractivity contribution >= 4 is 63.3 Å². The van der Waals surface area contributed by atoms with Crippen LogP contribution in [0.15, 0.2) is 77.7 Å². The minimum absolute atomic E-state index is 0.0983. The van der Waals surface area contributed by atoms with E-state index in [9.17, 15) is 9.59 Å². The molecule has 4 rings (SSSR count). The van der Waals surface area contributed by atoms with Crippen molar-refractivity contribution in [1.82, 2.24) is 0 Å². The van der Waals surface area contributed by atoms with Crippen molar-refractivity contribution in [3.05, 3.63) is 88.8 Å². The zero-order valence-corrected chi connectivity index (χ0v) is 21.3. The molecule has 1 N–H and O–H groups in total. The van der Waals surface area contributed by atoms with E-state index in [1.54, 1.807) is 17.0 Å². The van der Waals surface area contributed by atoms with Crippen LogP contribution in [0.25, 0.3) is 6.08 Å². The third-order valence-electron chi connectivity index (χ3n) is 5.38. The zero-order valence-electron chi connectivity index (χ0n) is 19.6. The van der Waals surface area contributed by atoms with Gasteiger partial charge in [0.05, 0.1) is 10.6 Å². The first-order valence-corrected chi connectivity index (χ1v) is 12.2. The lowest BCUT2D eigenvalue weighted by Crippen LogP contribution is -2.27. The van der Waals surface area contributed by atoms with Crippen molar-refractivity contribution in [2.45, 2.75) is 6.92 Å². The number of thiocarbonyl (C=S) groups is 1. The van der Waals surface area contributed by atoms with E-state index in [0.717, 1.165) is 28.2 Å². The third kappa shape index (κ3) is 5.90. The number of para-hydroxylation sites is 1. The van der Waals surface area contributed by atoms with Crippen LogP contribution in [0, 0.1) is 6.92 Å². The van der Waals surface area contributed by atoms with Crippen molar-refractivity contribution in [3.8, 4) is 5.75 Å². The van der Waals surface area contributed by atoms with Gasteiger partial charge in [0.1, 0.15) is 5.75 Å². The van der Waals surface area contributed by atoms with Crippen LogP contribution < -0.4 is 19.9 Å². The SMILES string of the molecule is Cc1ccccc1NC(=O)COc1ccc(C=C2SC(=S)N(c3ccc(N(C)C)cc3)C2=O)cc1. The molecule has 1 aliphatic rings. The van der Waals surface area contributed by atoms with E-state index >= 15 is 0 Å². The maximum Gasteiger partial charge on any atom is 0.270 e. The van der Waals surface area contributed by atoms with Crippen LogP contribution in [0.2, 0.25) is 0 Å². The number of carbonyl (C=O) groups excluding carboxylic acids is 2. The number of nitrogens with zero attached hydrogens (tertiary/aromatic N) is 2. The van der Waals surface area contributed by atoms with Crippen LogP contribution in [0.5, 0.6) is 5.75 Å². The maximum atomic E-state index is 13.0. The van der Waals surface area contributed by atoms with E-state index in [1.807, 2.05) is 92.7 Å². The normalized spacial score (nSPS) is 14.4. The highest BCUT2D eigenvalue weighted by Crippen LogP contribution is 2.36. The lowest BCUT2D eigenvalue weighted by Gasteiger charge is -2.17. The highest BCUT2D eigenvalue weighted by atomic mass is 32.2. The smallest absolute Gasteiger partial charge is 0.270 e. The Bertz CT molecular complexity index is 1290. The van der Waals surface area contributed by atoms with Crippen LogP contribution in [-0.4, -0.2) is 36.8 Å². The van der Waals surface area contributed by atoms with Gasteiger partial charge in [-0.3, -0.25) is 14.5 Å². The van der Waals surface area contributed by atoms with E-state index in [-0.39, 0.29) is 18.4 Å². The topological polar surface area (TPSA) is 61.9 Å². The number of carbonyl (C=O) groups is 2. The molecule has 0 saturated carbocycles. The van der Waals surface area contributed by atoms with E-state index in [0.29, 0.717) is 15.0 Å². The van der Waals surface area contributed by atoms with Crippen LogP contribution in [-0.2, 0) is 9.59 Å². The minimum atomic E-state index is -0.231. The van der Waals surface area contributed by atoms with Gasteiger partial charge in [0.2, 0.25) is 0 Å². The number of nitrogens with one attached hydrogen (secondary N) is 1. The number of aryl methyl sites for hydroxylation is 1. The molecular weight excluding hydrogens is 478 g/mol. The van der Waals surface area contributed by atoms with Gasteiger partial charge in [-0.2, -0.15) is 0 Å². The summed E-state index contributed by atoms with van der Waals surface area (Å²) in [5, 5.41) is 2.84. The Labute approximate surface area is 214 Å². The molecule has 0 aromatic heterocycles. The number of benzene rings is 3. The van der Waals surface area contributed by atoms with Crippen LogP contribution in [0.1, 0.15) is 11.1 Å². The first-order chi connectivity index (χ1) is 16.8. The van der Waals surface area contributed by atoms with E-state index in [1.165, 1.54) is 11.8 Å². The molecule has 6 nitrogen and oxygen atoms in total. The Morgan fingerprint density at radius 3 is 2.40 bits per heavy atom. The number of hydrogen-bond donors (Lipinski definition) is 1. The second-order valence-electron chi connectivity index (χ2n) is 8.15. The maximum absolute atomic E-state index is 13.0. The van der Waals surface area contributed by atoms with Crippen molar-refractivity contribution < 1.29 is 14.3 Å². The largest absolute Gasteiger partial charge is 0.484 e. The number of thioether (sulfide) groups is 1. The number of rotatable bonds is 7. The molecule has 0 bridgehead atoms. The fourth-order valence-electron chi connectivity index (χ4n) is 3.45. The van der Waals surface area contributed by atoms with Gasteiger partial charge in [-0.05, 0) is 66.6 Å². The number of amides is 2. The Morgan fingerprint density at radius 2 is 1.74 bits per heavy atom. The Kier molecular flexibility index (Phi) is 7.53. The molecule has 0 unspecified atom stereocenters. The molecule has 35 heavy (non-hydrogen) atoms. The third-order valence-corrected chi connectivity index (χ3v) is 6.69. The van der Waals surface area contributed by atoms with Gasteiger partial charge in [0, 0.05) is 25.5 Å². The Hall–Kier alpha value is -3.62. The Balaban J connectivity index is 1.37. The van der Waals surface area contributed by atoms with Gasteiger partial charge in [0.15, 0.2) is 10.9 Å². The second kappa shape index (κ2) is 10.8. The standard InChI is InChI=1S/C27H25N3O3S2/c1-18-6-4-5-7-23(18)28-25(31)17-33-22-14-8-19(9-15-22)16-24-26(32)30(27(34)35-24)21-12-10-20(11-13-21)29(2)3/h4-16H,17H2,1-3H3,(H,28,31). The molecule has 1 heterocycles. The zero-order chi connectivity index (χ0) is 24.9. The first kappa shape index (κ1) is 24.5.